The predicted octanol–water partition coefficient (Wildman–Crippen LogP) is 4.14. The number of fused-ring (bicyclic) bond motifs is 4. The van der Waals surface area contributed by atoms with Gasteiger partial charge < -0.3 is 31.9 Å². The predicted molar refractivity (Wildman–Crippen MR) is 213 cm³/mol. The summed E-state index contributed by atoms with van der Waals surface area (Å²) in [6.07, 6.45) is 1.56. The Labute approximate surface area is 349 Å². The minimum atomic E-state index is -0.575. The fourth-order valence-electron chi connectivity index (χ4n) is 6.03. The molecule has 6 heterocycles. The summed E-state index contributed by atoms with van der Waals surface area (Å²) < 4.78 is 19.7. The number of H-pyrrole nitrogens is 2. The Hall–Kier alpha value is -4.69. The molecule has 2 aliphatic rings. The third-order valence-electron chi connectivity index (χ3n) is 8.94. The van der Waals surface area contributed by atoms with Crippen LogP contribution in [0.15, 0.2) is 48.5 Å². The zero-order valence-electron chi connectivity index (χ0n) is 34.7. The van der Waals surface area contributed by atoms with E-state index in [1.165, 1.54) is 0 Å². The third-order valence-corrected chi connectivity index (χ3v) is 8.94. The molecule has 0 atom stereocenters. The molecule has 4 aromatic heterocycles. The summed E-state index contributed by atoms with van der Waals surface area (Å²) in [5.41, 5.74) is 10.4. The Morgan fingerprint density at radius 3 is 1.62 bits per heavy atom. The van der Waals surface area contributed by atoms with Crippen LogP contribution >= 0.6 is 0 Å². The van der Waals surface area contributed by atoms with Gasteiger partial charge in [-0.25, -0.2) is 19.9 Å². The number of aliphatic hydroxyl groups excluding tert-OH is 1. The molecule has 0 saturated heterocycles. The van der Waals surface area contributed by atoms with Crippen molar-refractivity contribution in [3.8, 4) is 28.4 Å². The van der Waals surface area contributed by atoms with Crippen molar-refractivity contribution in [2.45, 2.75) is 68.2 Å². The number of para-hydroxylation sites is 2. The van der Waals surface area contributed by atoms with Gasteiger partial charge in [-0.15, -0.1) is 0 Å². The van der Waals surface area contributed by atoms with Gasteiger partial charge in [0.2, 0.25) is 11.8 Å². The molecule has 12 nitrogen and oxygen atoms in total. The first-order chi connectivity index (χ1) is 26.0. The van der Waals surface area contributed by atoms with Gasteiger partial charge in [-0.3, -0.25) is 9.59 Å². The van der Waals surface area contributed by atoms with Gasteiger partial charge in [0.1, 0.15) is 16.7 Å². The number of amides is 2. The molecule has 8 rings (SSSR count). The van der Waals surface area contributed by atoms with Crippen molar-refractivity contribution in [3.63, 3.8) is 0 Å². The normalized spacial score (nSPS) is 13.6. The van der Waals surface area contributed by atoms with Gasteiger partial charge in [-0.05, 0) is 48.9 Å². The Kier molecular flexibility index (Phi) is 13.0. The number of aliphatic hydroxyl groups is 1. The zero-order chi connectivity index (χ0) is 39.7. The fraction of sp³-hybridized carbons (Fsp3) is 0.381. The van der Waals surface area contributed by atoms with Gasteiger partial charge in [0.15, 0.2) is 0 Å². The number of rotatable bonds is 4. The van der Waals surface area contributed by atoms with Crippen LogP contribution in [0.25, 0.3) is 44.6 Å². The molecule has 6 aromatic rings. The molecular formula is C42H50FN8NaO4. The largest absolute Gasteiger partial charge is 1.00 e. The van der Waals surface area contributed by atoms with Crippen LogP contribution in [-0.4, -0.2) is 73.1 Å². The van der Waals surface area contributed by atoms with E-state index >= 15 is 0 Å². The number of nitrogens with one attached hydrogen (secondary N) is 4. The standard InChI is InChI=1S/C21H24N4O2.C16H13FN4O.C5H12O.Na.H/c1-12-20(27-11-21(2,3)4)25-18-13(6-5-7-16(18)23-12)17-10-14-15(24-17)8-9-22-19(14)26;1-8-15(17)21-14-9(3-2-4-12(14)19-8)13-7-10-11(20-13)5-6-18-16(10)22;1-5(2,3)4-6;;/h5-7,10,24H,8-9,11H2,1-4H3,(H,22,26);2-4,7,20H,5-6H2,1H3,(H,18,22);6H,4H2,1-3H3;;/q;;;+1;-1. The molecule has 2 aromatic carbocycles. The monoisotopic (exact) mass is 772 g/mol. The number of carbonyl (C=O) groups is 2. The van der Waals surface area contributed by atoms with E-state index in [9.17, 15) is 14.0 Å². The second-order valence-electron chi connectivity index (χ2n) is 16.3. The van der Waals surface area contributed by atoms with E-state index in [2.05, 4.69) is 56.3 Å². The maximum Gasteiger partial charge on any atom is 1.00 e. The van der Waals surface area contributed by atoms with Crippen molar-refractivity contribution in [1.29, 1.82) is 0 Å². The fourth-order valence-corrected chi connectivity index (χ4v) is 6.03. The quantitative estimate of drug-likeness (QED) is 0.167. The Balaban J connectivity index is 0.000000217. The van der Waals surface area contributed by atoms with Crippen LogP contribution in [0, 0.1) is 30.6 Å². The van der Waals surface area contributed by atoms with E-state index in [1.54, 1.807) is 19.1 Å². The molecule has 0 bridgehead atoms. The van der Waals surface area contributed by atoms with Crippen molar-refractivity contribution in [2.24, 2.45) is 10.8 Å². The first-order valence-corrected chi connectivity index (χ1v) is 18.5. The molecule has 0 saturated carbocycles. The van der Waals surface area contributed by atoms with E-state index in [1.807, 2.05) is 64.1 Å². The van der Waals surface area contributed by atoms with Crippen LogP contribution in [0.5, 0.6) is 5.88 Å². The second kappa shape index (κ2) is 17.2. The van der Waals surface area contributed by atoms with Crippen LogP contribution in [0.3, 0.4) is 0 Å². The smallest absolute Gasteiger partial charge is 1.00 e. The Morgan fingerprint density at radius 2 is 1.18 bits per heavy atom. The third kappa shape index (κ3) is 9.81. The molecule has 0 radical (unpaired) electrons. The van der Waals surface area contributed by atoms with E-state index in [-0.39, 0.29) is 65.9 Å². The molecule has 290 valence electrons. The van der Waals surface area contributed by atoms with Crippen LogP contribution in [0.2, 0.25) is 0 Å². The molecule has 0 spiro atoms. The molecule has 0 fully saturated rings. The second-order valence-corrected chi connectivity index (χ2v) is 16.3. The summed E-state index contributed by atoms with van der Waals surface area (Å²) in [7, 11) is 0. The Bertz CT molecular complexity index is 2400. The SMILES string of the molecule is CC(C)(C)CO.Cc1nc2cccc(-c3cc4c([nH]3)CCNC4=O)c2nc1F.Cc1nc2cccc(-c3cc4c([nH]3)CCNC4=O)c2nc1OCC(C)(C)C.[H-].[Na+]. The number of nitrogens with zero attached hydrogens (tertiary/aromatic N) is 4. The van der Waals surface area contributed by atoms with Crippen LogP contribution < -0.4 is 44.9 Å². The van der Waals surface area contributed by atoms with Crippen LogP contribution in [0.1, 0.15) is 86.5 Å². The van der Waals surface area contributed by atoms with Gasteiger partial charge in [0.05, 0.1) is 34.5 Å². The number of hydrogen-bond donors (Lipinski definition) is 5. The van der Waals surface area contributed by atoms with Crippen LogP contribution in [0.4, 0.5) is 4.39 Å². The molecule has 2 aliphatic heterocycles. The molecule has 14 heteroatoms. The molecular weight excluding hydrogens is 723 g/mol. The zero-order valence-corrected chi connectivity index (χ0v) is 35.7. The summed E-state index contributed by atoms with van der Waals surface area (Å²) >= 11 is 0. The number of hydrogen-bond acceptors (Lipinski definition) is 8. The topological polar surface area (TPSA) is 171 Å². The van der Waals surface area contributed by atoms with Crippen LogP contribution in [-0.2, 0) is 12.8 Å². The first kappa shape index (κ1) is 42.5. The summed E-state index contributed by atoms with van der Waals surface area (Å²) in [5.74, 6) is -0.139. The summed E-state index contributed by atoms with van der Waals surface area (Å²) in [4.78, 5) is 48.3. The molecule has 0 unspecified atom stereocenters. The number of carbonyl (C=O) groups excluding carboxylic acids is 2. The summed E-state index contributed by atoms with van der Waals surface area (Å²) in [6.45, 7) is 18.0. The van der Waals surface area contributed by atoms with Gasteiger partial charge in [-0.2, -0.15) is 4.39 Å². The van der Waals surface area contributed by atoms with Gasteiger partial charge in [0, 0.05) is 66.4 Å². The van der Waals surface area contributed by atoms with Crippen molar-refractivity contribution in [1.82, 2.24) is 40.5 Å². The Morgan fingerprint density at radius 1 is 0.714 bits per heavy atom. The van der Waals surface area contributed by atoms with Crippen molar-refractivity contribution >= 4 is 33.9 Å². The number of ether oxygens (including phenoxy) is 1. The number of halogens is 1. The van der Waals surface area contributed by atoms with Gasteiger partial charge in [-0.1, -0.05) is 65.8 Å². The van der Waals surface area contributed by atoms with E-state index < -0.39 is 5.95 Å². The summed E-state index contributed by atoms with van der Waals surface area (Å²) in [5, 5.41) is 14.1. The summed E-state index contributed by atoms with van der Waals surface area (Å²) in [6, 6.07) is 15.1. The first-order valence-electron chi connectivity index (χ1n) is 18.5. The van der Waals surface area contributed by atoms with Crippen molar-refractivity contribution < 1.29 is 54.8 Å². The maximum absolute atomic E-state index is 13.8. The molecule has 56 heavy (non-hydrogen) atoms. The van der Waals surface area contributed by atoms with Crippen molar-refractivity contribution in [2.75, 3.05) is 26.3 Å². The number of aromatic amines is 2. The number of aryl methyl sites for hydroxylation is 2. The minimum absolute atomic E-state index is 0. The maximum atomic E-state index is 13.8. The minimum Gasteiger partial charge on any atom is -1.00 e. The average molecular weight is 773 g/mol. The van der Waals surface area contributed by atoms with Gasteiger partial charge >= 0.3 is 29.6 Å². The number of benzene rings is 2. The van der Waals surface area contributed by atoms with E-state index in [0.717, 1.165) is 63.5 Å². The van der Waals surface area contributed by atoms with E-state index in [4.69, 9.17) is 14.8 Å². The molecule has 0 aliphatic carbocycles. The molecule has 2 amide bonds. The van der Waals surface area contributed by atoms with E-state index in [0.29, 0.717) is 47.7 Å². The average Bonchev–Trinajstić information content (AvgIpc) is 3.77. The molecule has 5 N–H and O–H groups in total. The van der Waals surface area contributed by atoms with Gasteiger partial charge in [0.25, 0.3) is 11.8 Å². The van der Waals surface area contributed by atoms with Crippen molar-refractivity contribution in [3.05, 3.63) is 88.4 Å². The number of aromatic nitrogens is 6.